The fourth-order valence-electron chi connectivity index (χ4n) is 4.49. The van der Waals surface area contributed by atoms with Gasteiger partial charge in [-0.25, -0.2) is 0 Å². The van der Waals surface area contributed by atoms with Crippen LogP contribution in [-0.4, -0.2) is 48.9 Å². The molecule has 0 aliphatic carbocycles. The molecule has 0 saturated carbocycles. The molecule has 1 N–H and O–H groups in total. The highest BCUT2D eigenvalue weighted by Crippen LogP contribution is 2.27. The summed E-state index contributed by atoms with van der Waals surface area (Å²) in [6.45, 7) is 5.53. The molecular weight excluding hydrogens is 410 g/mol. The summed E-state index contributed by atoms with van der Waals surface area (Å²) in [7, 11) is 0. The summed E-state index contributed by atoms with van der Waals surface area (Å²) in [4.78, 5) is 30.0. The van der Waals surface area contributed by atoms with Crippen LogP contribution in [0.25, 0.3) is 0 Å². The molecule has 4 rings (SSSR count). The van der Waals surface area contributed by atoms with Gasteiger partial charge in [0.05, 0.1) is 16.1 Å². The molecule has 2 aliphatic heterocycles. The zero-order valence-electron chi connectivity index (χ0n) is 18.0. The molecule has 0 atom stereocenters. The molecule has 5 nitrogen and oxygen atoms in total. The first-order valence-electron chi connectivity index (χ1n) is 11.2. The lowest BCUT2D eigenvalue weighted by atomic mass is 9.98. The molecule has 0 aromatic heterocycles. The molecule has 2 heterocycles. The number of nitrogens with zero attached hydrogens (tertiary/aromatic N) is 2. The summed E-state index contributed by atoms with van der Waals surface area (Å²) in [6.07, 6.45) is 3.81. The van der Waals surface area contributed by atoms with E-state index >= 15 is 0 Å². The number of nitrogens with one attached hydrogen (secondary N) is 1. The molecule has 2 saturated heterocycles. The predicted octanol–water partition coefficient (Wildman–Crippen LogP) is 4.61. The topological polar surface area (TPSA) is 52.7 Å². The van der Waals surface area contributed by atoms with Gasteiger partial charge in [0.1, 0.15) is 0 Å². The minimum atomic E-state index is -0.126. The molecule has 2 amide bonds. The Morgan fingerprint density at radius 2 is 1.48 bits per heavy atom. The molecule has 0 bridgehead atoms. The van der Waals surface area contributed by atoms with E-state index in [1.54, 1.807) is 12.1 Å². The van der Waals surface area contributed by atoms with Crippen molar-refractivity contribution in [1.82, 2.24) is 10.2 Å². The van der Waals surface area contributed by atoms with E-state index < -0.39 is 0 Å². The first kappa shape index (κ1) is 21.7. The lowest BCUT2D eigenvalue weighted by Gasteiger charge is -2.36. The van der Waals surface area contributed by atoms with Crippen molar-refractivity contribution in [2.75, 3.05) is 31.1 Å². The average Bonchev–Trinajstić information content (AvgIpc) is 2.80. The van der Waals surface area contributed by atoms with Crippen LogP contribution in [0.15, 0.2) is 48.5 Å². The zero-order valence-corrected chi connectivity index (χ0v) is 18.8. The van der Waals surface area contributed by atoms with Crippen molar-refractivity contribution in [2.45, 2.75) is 38.6 Å². The number of anilines is 1. The lowest BCUT2D eigenvalue weighted by molar-refractivity contribution is 0.0697. The summed E-state index contributed by atoms with van der Waals surface area (Å²) in [6, 6.07) is 15.2. The fraction of sp³-hybridized carbons (Fsp3) is 0.440. The number of likely N-dealkylation sites (tertiary alicyclic amines) is 1. The first-order chi connectivity index (χ1) is 15.0. The van der Waals surface area contributed by atoms with Gasteiger partial charge in [0, 0.05) is 37.9 Å². The van der Waals surface area contributed by atoms with Crippen LogP contribution in [0, 0.1) is 5.92 Å². The first-order valence-corrected chi connectivity index (χ1v) is 11.6. The van der Waals surface area contributed by atoms with Gasteiger partial charge in [0.25, 0.3) is 11.8 Å². The number of carbonyl (C=O) groups excluding carboxylic acids is 2. The number of piperidine rings is 2. The largest absolute Gasteiger partial charge is 0.371 e. The number of rotatable bonds is 4. The minimum Gasteiger partial charge on any atom is -0.371 e. The van der Waals surface area contributed by atoms with Gasteiger partial charge in [-0.1, -0.05) is 42.8 Å². The minimum absolute atomic E-state index is 0.103. The Morgan fingerprint density at radius 3 is 2.16 bits per heavy atom. The molecular formula is C25H30ClN3O2. The molecule has 0 spiro atoms. The van der Waals surface area contributed by atoms with Crippen molar-refractivity contribution in [3.05, 3.63) is 64.7 Å². The van der Waals surface area contributed by atoms with Crippen LogP contribution in [0.3, 0.4) is 0 Å². The standard InChI is InChI=1S/C25H30ClN3O2/c1-18-10-14-29(15-11-18)25(31)21-7-3-5-9-23(21)28-16-12-19(13-17-28)27-24(30)20-6-2-4-8-22(20)26/h2-9,18-19H,10-17H2,1H3,(H,27,30). The predicted molar refractivity (Wildman–Crippen MR) is 125 cm³/mol. The number of hydrogen-bond donors (Lipinski definition) is 1. The molecule has 6 heteroatoms. The van der Waals surface area contributed by atoms with Crippen molar-refractivity contribution < 1.29 is 9.59 Å². The van der Waals surface area contributed by atoms with Crippen molar-refractivity contribution in [3.8, 4) is 0 Å². The summed E-state index contributed by atoms with van der Waals surface area (Å²) < 4.78 is 0. The Balaban J connectivity index is 1.38. The number of carbonyl (C=O) groups is 2. The maximum absolute atomic E-state index is 13.2. The lowest BCUT2D eigenvalue weighted by Crippen LogP contribution is -2.45. The summed E-state index contributed by atoms with van der Waals surface area (Å²) in [5.41, 5.74) is 2.30. The summed E-state index contributed by atoms with van der Waals surface area (Å²) in [5, 5.41) is 3.59. The van der Waals surface area contributed by atoms with Gasteiger partial charge >= 0.3 is 0 Å². The van der Waals surface area contributed by atoms with Gasteiger partial charge in [-0.3, -0.25) is 9.59 Å². The Kier molecular flexibility index (Phi) is 6.81. The van der Waals surface area contributed by atoms with E-state index in [9.17, 15) is 9.59 Å². The smallest absolute Gasteiger partial charge is 0.255 e. The summed E-state index contributed by atoms with van der Waals surface area (Å²) in [5.74, 6) is 0.704. The molecule has 2 aliphatic rings. The maximum Gasteiger partial charge on any atom is 0.255 e. The quantitative estimate of drug-likeness (QED) is 0.756. The Morgan fingerprint density at radius 1 is 0.871 bits per heavy atom. The molecule has 2 aromatic carbocycles. The molecule has 164 valence electrons. The number of benzene rings is 2. The highest BCUT2D eigenvalue weighted by Gasteiger charge is 2.27. The monoisotopic (exact) mass is 439 g/mol. The van der Waals surface area contributed by atoms with Crippen molar-refractivity contribution in [1.29, 1.82) is 0 Å². The molecule has 0 radical (unpaired) electrons. The van der Waals surface area contributed by atoms with E-state index in [1.807, 2.05) is 41.3 Å². The Bertz CT molecular complexity index is 932. The second kappa shape index (κ2) is 9.73. The van der Waals surface area contributed by atoms with E-state index in [4.69, 9.17) is 11.6 Å². The molecule has 2 fully saturated rings. The molecule has 31 heavy (non-hydrogen) atoms. The highest BCUT2D eigenvalue weighted by atomic mass is 35.5. The van der Waals surface area contributed by atoms with Crippen LogP contribution < -0.4 is 10.2 Å². The van der Waals surface area contributed by atoms with Gasteiger partial charge < -0.3 is 15.1 Å². The van der Waals surface area contributed by atoms with Crippen LogP contribution in [0.5, 0.6) is 0 Å². The van der Waals surface area contributed by atoms with Crippen molar-refractivity contribution in [3.63, 3.8) is 0 Å². The van der Waals surface area contributed by atoms with Gasteiger partial charge in [0.15, 0.2) is 0 Å². The zero-order chi connectivity index (χ0) is 21.8. The van der Waals surface area contributed by atoms with Gasteiger partial charge in [-0.2, -0.15) is 0 Å². The third kappa shape index (κ3) is 5.04. The van der Waals surface area contributed by atoms with E-state index in [0.29, 0.717) is 16.5 Å². The average molecular weight is 440 g/mol. The number of amides is 2. The SMILES string of the molecule is CC1CCN(C(=O)c2ccccc2N2CCC(NC(=O)c3ccccc3Cl)CC2)CC1. The second-order valence-electron chi connectivity index (χ2n) is 8.71. The summed E-state index contributed by atoms with van der Waals surface area (Å²) >= 11 is 6.15. The van der Waals surface area contributed by atoms with E-state index in [1.165, 1.54) is 0 Å². The van der Waals surface area contributed by atoms with Crippen LogP contribution in [-0.2, 0) is 0 Å². The highest BCUT2D eigenvalue weighted by molar-refractivity contribution is 6.33. The van der Waals surface area contributed by atoms with Crippen LogP contribution in [0.4, 0.5) is 5.69 Å². The number of halogens is 1. The van der Waals surface area contributed by atoms with Crippen molar-refractivity contribution in [2.24, 2.45) is 5.92 Å². The maximum atomic E-state index is 13.2. The molecule has 0 unspecified atom stereocenters. The Labute approximate surface area is 189 Å². The normalized spacial score (nSPS) is 18.1. The van der Waals surface area contributed by atoms with E-state index in [-0.39, 0.29) is 17.9 Å². The Hall–Kier alpha value is -2.53. The van der Waals surface area contributed by atoms with Crippen LogP contribution in [0.2, 0.25) is 5.02 Å². The van der Waals surface area contributed by atoms with Crippen LogP contribution >= 0.6 is 11.6 Å². The van der Waals surface area contributed by atoms with E-state index in [0.717, 1.165) is 63.1 Å². The number of hydrogen-bond acceptors (Lipinski definition) is 3. The van der Waals surface area contributed by atoms with Crippen molar-refractivity contribution >= 4 is 29.1 Å². The van der Waals surface area contributed by atoms with Gasteiger partial charge in [0.2, 0.25) is 0 Å². The molecule has 2 aromatic rings. The van der Waals surface area contributed by atoms with Gasteiger partial charge in [-0.05, 0) is 55.9 Å². The third-order valence-corrected chi connectivity index (χ3v) is 6.82. The van der Waals surface area contributed by atoms with Crippen LogP contribution in [0.1, 0.15) is 53.3 Å². The van der Waals surface area contributed by atoms with Gasteiger partial charge in [-0.15, -0.1) is 0 Å². The number of para-hydroxylation sites is 1. The second-order valence-corrected chi connectivity index (χ2v) is 9.11. The van der Waals surface area contributed by atoms with E-state index in [2.05, 4.69) is 17.1 Å². The fourth-order valence-corrected chi connectivity index (χ4v) is 4.71. The third-order valence-electron chi connectivity index (χ3n) is 6.49.